The van der Waals surface area contributed by atoms with Gasteiger partial charge in [-0.3, -0.25) is 14.9 Å². The van der Waals surface area contributed by atoms with Gasteiger partial charge in [-0.1, -0.05) is 17.4 Å². The molecule has 3 aromatic rings. The Morgan fingerprint density at radius 3 is 2.19 bits per heavy atom. The van der Waals surface area contributed by atoms with E-state index < -0.39 is 16.5 Å². The van der Waals surface area contributed by atoms with Crippen molar-refractivity contribution in [2.75, 3.05) is 28.4 Å². The number of carbonyl (C=O) groups is 1. The molecule has 10 nitrogen and oxygen atoms in total. The average Bonchev–Trinajstić information content (AvgIpc) is 3.12. The quantitative estimate of drug-likeness (QED) is 0.287. The van der Waals surface area contributed by atoms with E-state index in [4.69, 9.17) is 18.9 Å². The van der Waals surface area contributed by atoms with E-state index in [1.807, 2.05) is 0 Å². The molecule has 0 unspecified atom stereocenters. The number of ether oxygens (including phenoxy) is 4. The third kappa shape index (κ3) is 4.14. The number of benzene rings is 2. The second-order valence-electron chi connectivity index (χ2n) is 6.36. The summed E-state index contributed by atoms with van der Waals surface area (Å²) >= 11 is 1.23. The summed E-state index contributed by atoms with van der Waals surface area (Å²) in [6.07, 6.45) is 1.66. The van der Waals surface area contributed by atoms with Crippen LogP contribution in [-0.2, 0) is 6.54 Å². The molecule has 32 heavy (non-hydrogen) atoms. The van der Waals surface area contributed by atoms with E-state index in [2.05, 4.69) is 11.6 Å². The highest BCUT2D eigenvalue weighted by Gasteiger charge is 2.25. The Hall–Kier alpha value is -3.86. The number of aromatic nitrogens is 1. The molecule has 1 amide bonds. The Morgan fingerprint density at radius 2 is 1.62 bits per heavy atom. The molecule has 0 N–H and O–H groups in total. The van der Waals surface area contributed by atoms with E-state index >= 15 is 0 Å². The zero-order chi connectivity index (χ0) is 23.4. The second kappa shape index (κ2) is 9.52. The van der Waals surface area contributed by atoms with E-state index in [-0.39, 0.29) is 17.1 Å². The summed E-state index contributed by atoms with van der Waals surface area (Å²) in [5.41, 5.74) is 0.0995. The summed E-state index contributed by atoms with van der Waals surface area (Å²) in [5.74, 6) is 0.574. The molecule has 11 heteroatoms. The number of carbonyl (C=O) groups excluding carboxylic acids is 1. The summed E-state index contributed by atoms with van der Waals surface area (Å²) in [4.78, 5) is 28.5. The highest BCUT2D eigenvalue weighted by atomic mass is 32.1. The van der Waals surface area contributed by atoms with Gasteiger partial charge >= 0.3 is 0 Å². The fraction of sp³-hybridized carbons (Fsp3) is 0.238. The first-order chi connectivity index (χ1) is 15.4. The van der Waals surface area contributed by atoms with Crippen LogP contribution in [0.15, 0.2) is 41.9 Å². The number of rotatable bonds is 8. The second-order valence-corrected chi connectivity index (χ2v) is 7.37. The molecule has 0 saturated carbocycles. The van der Waals surface area contributed by atoms with Crippen molar-refractivity contribution in [3.63, 3.8) is 0 Å². The maximum absolute atomic E-state index is 13.0. The van der Waals surface area contributed by atoms with E-state index in [1.54, 1.807) is 22.8 Å². The third-order valence-electron chi connectivity index (χ3n) is 4.63. The lowest BCUT2D eigenvalue weighted by atomic mass is 10.1. The zero-order valence-corrected chi connectivity index (χ0v) is 18.7. The molecule has 0 aliphatic heterocycles. The van der Waals surface area contributed by atoms with Gasteiger partial charge in [0.05, 0.1) is 49.6 Å². The first kappa shape index (κ1) is 22.8. The highest BCUT2D eigenvalue weighted by Crippen LogP contribution is 2.35. The van der Waals surface area contributed by atoms with Crippen molar-refractivity contribution in [2.24, 2.45) is 4.99 Å². The van der Waals surface area contributed by atoms with Gasteiger partial charge in [0.25, 0.3) is 11.6 Å². The van der Waals surface area contributed by atoms with E-state index in [0.717, 1.165) is 16.3 Å². The lowest BCUT2D eigenvalue weighted by Gasteiger charge is -2.09. The van der Waals surface area contributed by atoms with E-state index in [1.165, 1.54) is 45.8 Å². The van der Waals surface area contributed by atoms with Crippen LogP contribution in [0.2, 0.25) is 0 Å². The van der Waals surface area contributed by atoms with Crippen LogP contribution in [0.4, 0.5) is 5.69 Å². The van der Waals surface area contributed by atoms with Crippen LogP contribution in [0.5, 0.6) is 23.0 Å². The molecule has 3 rings (SSSR count). The predicted octanol–water partition coefficient (Wildman–Crippen LogP) is 3.57. The maximum atomic E-state index is 13.0. The minimum Gasteiger partial charge on any atom is -0.493 e. The Morgan fingerprint density at radius 1 is 1.06 bits per heavy atom. The number of methoxy groups -OCH3 is 4. The minimum atomic E-state index is -0.791. The van der Waals surface area contributed by atoms with Crippen LogP contribution < -0.4 is 23.7 Å². The van der Waals surface area contributed by atoms with Gasteiger partial charge in [0.2, 0.25) is 0 Å². The molecule has 168 valence electrons. The number of hydrogen-bond donors (Lipinski definition) is 0. The summed E-state index contributed by atoms with van der Waals surface area (Å²) in [6, 6.07) is 5.94. The smallest absolute Gasteiger partial charge is 0.286 e. The molecule has 0 radical (unpaired) electrons. The average molecular weight is 459 g/mol. The van der Waals surface area contributed by atoms with Crippen LogP contribution in [0.1, 0.15) is 10.4 Å². The fourth-order valence-corrected chi connectivity index (χ4v) is 4.17. The van der Waals surface area contributed by atoms with Crippen LogP contribution in [0.3, 0.4) is 0 Å². The standard InChI is InChI=1S/C21H21N3O7S/c1-6-7-23-14-10-17(30-4)18(31-5)11-19(14)32-21(23)22-20(25)12-8-15(28-2)16(29-3)9-13(12)24(26)27/h6,8-11H,1,7H2,2-5H3. The van der Waals surface area contributed by atoms with Crippen molar-refractivity contribution in [3.05, 3.63) is 57.4 Å². The normalized spacial score (nSPS) is 11.3. The van der Waals surface area contributed by atoms with E-state index in [9.17, 15) is 14.9 Å². The molecule has 0 saturated heterocycles. The lowest BCUT2D eigenvalue weighted by molar-refractivity contribution is -0.385. The summed E-state index contributed by atoms with van der Waals surface area (Å²) < 4.78 is 23.6. The fourth-order valence-electron chi connectivity index (χ4n) is 3.13. The maximum Gasteiger partial charge on any atom is 0.286 e. The largest absolute Gasteiger partial charge is 0.493 e. The molecule has 1 aromatic heterocycles. The highest BCUT2D eigenvalue weighted by molar-refractivity contribution is 7.16. The van der Waals surface area contributed by atoms with Gasteiger partial charge < -0.3 is 23.5 Å². The number of amides is 1. The molecule has 0 spiro atoms. The van der Waals surface area contributed by atoms with Gasteiger partial charge in [-0.05, 0) is 0 Å². The molecule has 2 aromatic carbocycles. The zero-order valence-electron chi connectivity index (χ0n) is 17.9. The molecule has 0 atom stereocenters. The summed E-state index contributed by atoms with van der Waals surface area (Å²) in [5, 5.41) is 11.6. The Balaban J connectivity index is 2.24. The molecule has 0 aliphatic carbocycles. The summed E-state index contributed by atoms with van der Waals surface area (Å²) in [6.45, 7) is 4.11. The summed E-state index contributed by atoms with van der Waals surface area (Å²) in [7, 11) is 5.78. The van der Waals surface area contributed by atoms with Crippen LogP contribution in [-0.4, -0.2) is 43.8 Å². The number of nitrogens with zero attached hydrogens (tertiary/aromatic N) is 3. The lowest BCUT2D eigenvalue weighted by Crippen LogP contribution is -2.17. The number of nitro benzene ring substituents is 1. The van der Waals surface area contributed by atoms with Crippen molar-refractivity contribution < 1.29 is 28.7 Å². The van der Waals surface area contributed by atoms with Crippen LogP contribution in [0.25, 0.3) is 10.2 Å². The van der Waals surface area contributed by atoms with Gasteiger partial charge in [0.15, 0.2) is 27.8 Å². The van der Waals surface area contributed by atoms with Gasteiger partial charge in [-0.15, -0.1) is 6.58 Å². The first-order valence-electron chi connectivity index (χ1n) is 9.24. The Bertz CT molecular complexity index is 1280. The van der Waals surface area contributed by atoms with Crippen LogP contribution >= 0.6 is 11.3 Å². The van der Waals surface area contributed by atoms with Crippen molar-refractivity contribution in [1.82, 2.24) is 4.57 Å². The number of thiazole rings is 1. The number of fused-ring (bicyclic) bond motifs is 1. The van der Waals surface area contributed by atoms with Crippen molar-refractivity contribution in [3.8, 4) is 23.0 Å². The number of allylic oxidation sites excluding steroid dienone is 1. The molecule has 0 bridgehead atoms. The van der Waals surface area contributed by atoms with Crippen molar-refractivity contribution >= 4 is 33.1 Å². The van der Waals surface area contributed by atoms with Gasteiger partial charge in [0, 0.05) is 24.7 Å². The first-order valence-corrected chi connectivity index (χ1v) is 10.1. The molecular weight excluding hydrogens is 438 g/mol. The van der Waals surface area contributed by atoms with Gasteiger partial charge in [-0.25, -0.2) is 0 Å². The monoisotopic (exact) mass is 459 g/mol. The molecule has 0 fully saturated rings. The van der Waals surface area contributed by atoms with E-state index in [0.29, 0.717) is 22.8 Å². The SMILES string of the molecule is C=CCn1c(=NC(=O)c2cc(OC)c(OC)cc2[N+](=O)[O-])sc2cc(OC)c(OC)cc21. The third-order valence-corrected chi connectivity index (χ3v) is 5.67. The van der Waals surface area contributed by atoms with Gasteiger partial charge in [0.1, 0.15) is 5.56 Å². The Kier molecular flexibility index (Phi) is 6.79. The van der Waals surface area contributed by atoms with Crippen molar-refractivity contribution in [2.45, 2.75) is 6.54 Å². The number of hydrogen-bond acceptors (Lipinski definition) is 8. The van der Waals surface area contributed by atoms with Crippen molar-refractivity contribution in [1.29, 1.82) is 0 Å². The van der Waals surface area contributed by atoms with Gasteiger partial charge in [-0.2, -0.15) is 4.99 Å². The Labute approximate surface area is 187 Å². The molecule has 1 heterocycles. The minimum absolute atomic E-state index is 0.138. The van der Waals surface area contributed by atoms with Crippen LogP contribution in [0, 0.1) is 10.1 Å². The topological polar surface area (TPSA) is 114 Å². The number of nitro groups is 1. The molecule has 0 aliphatic rings. The molecular formula is C21H21N3O7S. The predicted molar refractivity (Wildman–Crippen MR) is 119 cm³/mol.